The summed E-state index contributed by atoms with van der Waals surface area (Å²) >= 11 is 0. The molecule has 2 aromatic carbocycles. The second kappa shape index (κ2) is 11.5. The third-order valence-corrected chi connectivity index (χ3v) is 5.32. The molecular weight excluding hydrogens is 494 g/mol. The van der Waals surface area contributed by atoms with E-state index in [1.54, 1.807) is 19.2 Å². The van der Waals surface area contributed by atoms with Gasteiger partial charge in [-0.2, -0.15) is 0 Å². The highest BCUT2D eigenvalue weighted by molar-refractivity contribution is 14.0. The molecule has 1 fully saturated rings. The average Bonchev–Trinajstić information content (AvgIpc) is 2.75. The van der Waals surface area contributed by atoms with Crippen LogP contribution in [0.5, 0.6) is 0 Å². The number of rotatable bonds is 6. The molecule has 5 nitrogen and oxygen atoms in total. The van der Waals surface area contributed by atoms with Crippen molar-refractivity contribution < 1.29 is 9.13 Å². The van der Waals surface area contributed by atoms with Gasteiger partial charge in [0.1, 0.15) is 5.82 Å². The number of hydrogen-bond donors (Lipinski definition) is 2. The van der Waals surface area contributed by atoms with E-state index in [4.69, 9.17) is 4.74 Å². The number of morpholine rings is 1. The molecule has 30 heavy (non-hydrogen) atoms. The van der Waals surface area contributed by atoms with E-state index < -0.39 is 0 Å². The lowest BCUT2D eigenvalue weighted by Crippen LogP contribution is -2.43. The minimum absolute atomic E-state index is 0. The molecule has 1 saturated heterocycles. The van der Waals surface area contributed by atoms with Crippen molar-refractivity contribution in [2.45, 2.75) is 25.8 Å². The van der Waals surface area contributed by atoms with Crippen molar-refractivity contribution in [2.75, 3.05) is 44.8 Å². The van der Waals surface area contributed by atoms with Crippen molar-refractivity contribution in [2.24, 2.45) is 4.99 Å². The van der Waals surface area contributed by atoms with E-state index in [-0.39, 0.29) is 35.2 Å². The summed E-state index contributed by atoms with van der Waals surface area (Å²) in [4.78, 5) is 6.71. The molecule has 0 radical (unpaired) electrons. The van der Waals surface area contributed by atoms with Crippen LogP contribution in [0.3, 0.4) is 0 Å². The third kappa shape index (κ3) is 6.57. The Kier molecular flexibility index (Phi) is 9.36. The van der Waals surface area contributed by atoms with Crippen LogP contribution in [0.25, 0.3) is 0 Å². The molecule has 2 N–H and O–H groups in total. The number of para-hydroxylation sites is 1. The van der Waals surface area contributed by atoms with Crippen molar-refractivity contribution >= 4 is 35.6 Å². The summed E-state index contributed by atoms with van der Waals surface area (Å²) in [5.41, 5.74) is 3.18. The maximum Gasteiger partial charge on any atom is 0.191 e. The van der Waals surface area contributed by atoms with Gasteiger partial charge in [-0.15, -0.1) is 24.0 Å². The molecule has 3 rings (SSSR count). The highest BCUT2D eigenvalue weighted by Crippen LogP contribution is 2.23. The van der Waals surface area contributed by atoms with Gasteiger partial charge in [0, 0.05) is 44.3 Å². The molecule has 1 heterocycles. The fourth-order valence-corrected chi connectivity index (χ4v) is 3.49. The maximum atomic E-state index is 13.6. The van der Waals surface area contributed by atoms with Gasteiger partial charge in [0.25, 0.3) is 0 Å². The van der Waals surface area contributed by atoms with Crippen LogP contribution in [0.2, 0.25) is 0 Å². The zero-order valence-electron chi connectivity index (χ0n) is 18.0. The summed E-state index contributed by atoms with van der Waals surface area (Å²) in [7, 11) is 1.76. The molecule has 1 aliphatic rings. The Morgan fingerprint density at radius 3 is 2.53 bits per heavy atom. The Balaban J connectivity index is 0.00000320. The summed E-state index contributed by atoms with van der Waals surface area (Å²) in [5.74, 6) is 0.518. The second-order valence-electron chi connectivity index (χ2n) is 7.90. The number of benzene rings is 2. The second-order valence-corrected chi connectivity index (χ2v) is 7.90. The van der Waals surface area contributed by atoms with Gasteiger partial charge in [-0.25, -0.2) is 4.39 Å². The molecule has 2 aromatic rings. The van der Waals surface area contributed by atoms with Gasteiger partial charge in [-0.3, -0.25) is 4.99 Å². The van der Waals surface area contributed by atoms with Gasteiger partial charge in [-0.05, 0) is 29.3 Å². The Morgan fingerprint density at radius 1 is 1.10 bits per heavy atom. The minimum atomic E-state index is -0.231. The van der Waals surface area contributed by atoms with Crippen molar-refractivity contribution in [3.63, 3.8) is 0 Å². The van der Waals surface area contributed by atoms with E-state index >= 15 is 0 Å². The lowest BCUT2D eigenvalue weighted by Gasteiger charge is -2.31. The Hall–Kier alpha value is -1.87. The number of anilines is 1. The Morgan fingerprint density at radius 2 is 1.83 bits per heavy atom. The van der Waals surface area contributed by atoms with Crippen LogP contribution in [0.15, 0.2) is 53.5 Å². The van der Waals surface area contributed by atoms with Crippen molar-refractivity contribution in [3.8, 4) is 0 Å². The van der Waals surface area contributed by atoms with Crippen LogP contribution in [0.1, 0.15) is 25.0 Å². The lowest BCUT2D eigenvalue weighted by atomic mass is 9.84. The molecule has 0 amide bonds. The lowest BCUT2D eigenvalue weighted by molar-refractivity contribution is 0.122. The van der Waals surface area contributed by atoms with E-state index in [0.29, 0.717) is 13.1 Å². The highest BCUT2D eigenvalue weighted by atomic mass is 127. The molecular formula is C23H32FIN4O. The van der Waals surface area contributed by atoms with Gasteiger partial charge >= 0.3 is 0 Å². The zero-order valence-corrected chi connectivity index (χ0v) is 20.3. The van der Waals surface area contributed by atoms with E-state index in [0.717, 1.165) is 37.8 Å². The predicted molar refractivity (Wildman–Crippen MR) is 133 cm³/mol. The number of aliphatic imine (C=N–C) groups is 1. The van der Waals surface area contributed by atoms with Crippen LogP contribution in [0.4, 0.5) is 10.1 Å². The van der Waals surface area contributed by atoms with Gasteiger partial charge in [0.15, 0.2) is 5.96 Å². The largest absolute Gasteiger partial charge is 0.378 e. The number of ether oxygens (including phenoxy) is 1. The summed E-state index contributed by atoms with van der Waals surface area (Å²) in [6, 6.07) is 15.2. The molecule has 0 unspecified atom stereocenters. The molecule has 7 heteroatoms. The Labute approximate surface area is 196 Å². The molecule has 0 bridgehead atoms. The summed E-state index contributed by atoms with van der Waals surface area (Å²) in [6.45, 7) is 8.85. The third-order valence-electron chi connectivity index (χ3n) is 5.32. The summed E-state index contributed by atoms with van der Waals surface area (Å²) in [6.07, 6.45) is 0. The van der Waals surface area contributed by atoms with E-state index in [9.17, 15) is 4.39 Å². The van der Waals surface area contributed by atoms with E-state index in [1.807, 2.05) is 6.07 Å². The first-order valence-electron chi connectivity index (χ1n) is 10.1. The number of hydrogen-bond acceptors (Lipinski definition) is 3. The fraction of sp³-hybridized carbons (Fsp3) is 0.435. The quantitative estimate of drug-likeness (QED) is 0.341. The smallest absolute Gasteiger partial charge is 0.191 e. The minimum Gasteiger partial charge on any atom is -0.378 e. The number of guanidine groups is 1. The normalized spacial score (nSPS) is 14.8. The van der Waals surface area contributed by atoms with Crippen LogP contribution in [-0.2, 0) is 16.7 Å². The van der Waals surface area contributed by atoms with Gasteiger partial charge < -0.3 is 20.3 Å². The summed E-state index contributed by atoms with van der Waals surface area (Å²) in [5, 5.41) is 6.79. The van der Waals surface area contributed by atoms with Crippen molar-refractivity contribution in [1.29, 1.82) is 0 Å². The first kappa shape index (κ1) is 24.4. The van der Waals surface area contributed by atoms with Crippen molar-refractivity contribution in [3.05, 3.63) is 65.5 Å². The van der Waals surface area contributed by atoms with Crippen LogP contribution in [0, 0.1) is 5.82 Å². The first-order valence-corrected chi connectivity index (χ1v) is 10.1. The van der Waals surface area contributed by atoms with Crippen LogP contribution < -0.4 is 15.5 Å². The van der Waals surface area contributed by atoms with Crippen LogP contribution in [-0.4, -0.2) is 45.9 Å². The number of halogens is 2. The predicted octanol–water partition coefficient (Wildman–Crippen LogP) is 3.92. The molecule has 0 aliphatic carbocycles. The van der Waals surface area contributed by atoms with Crippen LogP contribution >= 0.6 is 24.0 Å². The monoisotopic (exact) mass is 526 g/mol. The highest BCUT2D eigenvalue weighted by Gasteiger charge is 2.21. The van der Waals surface area contributed by atoms with Gasteiger partial charge in [0.05, 0.1) is 13.2 Å². The van der Waals surface area contributed by atoms with E-state index in [2.05, 4.69) is 58.6 Å². The molecule has 1 aliphatic heterocycles. The standard InChI is InChI=1S/C23H31FN4O.HI/c1-23(2,19-8-6-9-20(24)15-19)17-27-22(25-3)26-16-18-7-4-5-10-21(18)28-11-13-29-14-12-28;/h4-10,15H,11-14,16-17H2,1-3H3,(H2,25,26,27);1H. The summed E-state index contributed by atoms with van der Waals surface area (Å²) < 4.78 is 19.1. The Bertz CT molecular complexity index is 837. The molecule has 0 spiro atoms. The zero-order chi connectivity index (χ0) is 20.7. The fourth-order valence-electron chi connectivity index (χ4n) is 3.49. The van der Waals surface area contributed by atoms with Crippen molar-refractivity contribution in [1.82, 2.24) is 10.6 Å². The molecule has 0 aromatic heterocycles. The number of nitrogens with zero attached hydrogens (tertiary/aromatic N) is 2. The number of nitrogens with one attached hydrogen (secondary N) is 2. The SMILES string of the molecule is CN=C(NCc1ccccc1N1CCOCC1)NCC(C)(C)c1cccc(F)c1.I. The molecule has 0 saturated carbocycles. The van der Waals surface area contributed by atoms with Gasteiger partial charge in [-0.1, -0.05) is 44.2 Å². The molecule has 0 atom stereocenters. The molecule has 164 valence electrons. The first-order chi connectivity index (χ1) is 14.0. The van der Waals surface area contributed by atoms with Gasteiger partial charge in [0.2, 0.25) is 0 Å². The average molecular weight is 526 g/mol. The maximum absolute atomic E-state index is 13.6. The van der Waals surface area contributed by atoms with E-state index in [1.165, 1.54) is 17.3 Å². The topological polar surface area (TPSA) is 48.9 Å².